The number of hydrogen-bond donors (Lipinski definition) is 0. The van der Waals surface area contributed by atoms with Crippen LogP contribution < -0.4 is 0 Å². The minimum absolute atomic E-state index is 0.465. The normalized spacial score (nSPS) is 51.2. The average Bonchev–Trinajstić information content (AvgIpc) is 2.21. The number of aliphatic imine (C=N–C) groups is 1. The van der Waals surface area contributed by atoms with Crippen molar-refractivity contribution in [1.29, 1.82) is 0 Å². The molecule has 1 fully saturated rings. The summed E-state index contributed by atoms with van der Waals surface area (Å²) in [5.41, 5.74) is 1.02. The van der Waals surface area contributed by atoms with E-state index in [1.165, 1.54) is 0 Å². The summed E-state index contributed by atoms with van der Waals surface area (Å²) in [6, 6.07) is 0. The fourth-order valence-corrected chi connectivity index (χ4v) is 2.16. The van der Waals surface area contributed by atoms with Crippen molar-refractivity contribution in [1.82, 2.24) is 0 Å². The van der Waals surface area contributed by atoms with Crippen molar-refractivity contribution in [3.05, 3.63) is 0 Å². The zero-order chi connectivity index (χ0) is 6.70. The molecule has 0 saturated heterocycles. The Bertz CT molecular complexity index is 181. The van der Waals surface area contributed by atoms with Gasteiger partial charge in [0.1, 0.15) is 0 Å². The van der Waals surface area contributed by atoms with Gasteiger partial charge in [-0.2, -0.15) is 0 Å². The largest absolute Gasteiger partial charge is 0.297 e. The summed E-state index contributed by atoms with van der Waals surface area (Å²) in [5.74, 6) is 0.852. The van der Waals surface area contributed by atoms with Gasteiger partial charge in [-0.05, 0) is 11.3 Å². The maximum Gasteiger partial charge on any atom is 0.0428 e. The molecule has 2 atom stereocenters. The Morgan fingerprint density at radius 3 is 2.33 bits per heavy atom. The standard InChI is InChI=1S/C8H13N/c1-7(2)6-4-9-5-8(6,7)3/h5-6H,4H2,1-3H3/t6-,8-/m1/s1. The third-order valence-corrected chi connectivity index (χ3v) is 3.55. The van der Waals surface area contributed by atoms with Gasteiger partial charge < -0.3 is 0 Å². The fourth-order valence-electron chi connectivity index (χ4n) is 2.16. The van der Waals surface area contributed by atoms with E-state index in [0.717, 1.165) is 12.5 Å². The maximum atomic E-state index is 4.26. The molecule has 0 aromatic rings. The molecule has 2 rings (SSSR count). The molecule has 2 aliphatic rings. The first kappa shape index (κ1) is 5.45. The highest BCUT2D eigenvalue weighted by molar-refractivity contribution is 5.75. The molecule has 1 saturated carbocycles. The lowest BCUT2D eigenvalue weighted by Crippen LogP contribution is -2.04. The Hall–Kier alpha value is -0.330. The van der Waals surface area contributed by atoms with Crippen LogP contribution in [0.3, 0.4) is 0 Å². The van der Waals surface area contributed by atoms with Crippen LogP contribution in [0.5, 0.6) is 0 Å². The predicted octanol–water partition coefficient (Wildman–Crippen LogP) is 1.73. The van der Waals surface area contributed by atoms with Crippen LogP contribution in [-0.2, 0) is 0 Å². The van der Waals surface area contributed by atoms with Gasteiger partial charge in [0, 0.05) is 18.2 Å². The van der Waals surface area contributed by atoms with Gasteiger partial charge in [-0.3, -0.25) is 4.99 Å². The van der Waals surface area contributed by atoms with Crippen molar-refractivity contribution in [2.75, 3.05) is 6.54 Å². The smallest absolute Gasteiger partial charge is 0.0428 e. The summed E-state index contributed by atoms with van der Waals surface area (Å²) in [7, 11) is 0. The van der Waals surface area contributed by atoms with E-state index in [0.29, 0.717) is 10.8 Å². The summed E-state index contributed by atoms with van der Waals surface area (Å²) in [4.78, 5) is 4.26. The third-order valence-electron chi connectivity index (χ3n) is 3.55. The molecule has 0 spiro atoms. The van der Waals surface area contributed by atoms with Gasteiger partial charge in [0.05, 0.1) is 0 Å². The first-order valence-electron chi connectivity index (χ1n) is 3.60. The topological polar surface area (TPSA) is 12.4 Å². The van der Waals surface area contributed by atoms with Gasteiger partial charge in [-0.1, -0.05) is 20.8 Å². The summed E-state index contributed by atoms with van der Waals surface area (Å²) >= 11 is 0. The van der Waals surface area contributed by atoms with E-state index in [-0.39, 0.29) is 0 Å². The molecule has 0 bridgehead atoms. The Kier molecular flexibility index (Phi) is 0.662. The highest BCUT2D eigenvalue weighted by Crippen LogP contribution is 2.69. The van der Waals surface area contributed by atoms with E-state index in [4.69, 9.17) is 0 Å². The van der Waals surface area contributed by atoms with Crippen LogP contribution in [0.1, 0.15) is 20.8 Å². The fraction of sp³-hybridized carbons (Fsp3) is 0.875. The highest BCUT2D eigenvalue weighted by atomic mass is 14.9. The predicted molar refractivity (Wildman–Crippen MR) is 38.7 cm³/mol. The Morgan fingerprint density at radius 2 is 2.11 bits per heavy atom. The maximum absolute atomic E-state index is 4.26. The highest BCUT2D eigenvalue weighted by Gasteiger charge is 2.68. The van der Waals surface area contributed by atoms with E-state index in [9.17, 15) is 0 Å². The molecular weight excluding hydrogens is 110 g/mol. The van der Waals surface area contributed by atoms with Gasteiger partial charge in [0.2, 0.25) is 0 Å². The van der Waals surface area contributed by atoms with Crippen molar-refractivity contribution in [3.8, 4) is 0 Å². The SMILES string of the molecule is CC1(C)[C@H]2CN=C[C@]21C. The quantitative estimate of drug-likeness (QED) is 0.465. The van der Waals surface area contributed by atoms with Crippen molar-refractivity contribution in [2.45, 2.75) is 20.8 Å². The van der Waals surface area contributed by atoms with E-state index >= 15 is 0 Å². The number of rotatable bonds is 0. The lowest BCUT2D eigenvalue weighted by Gasteiger charge is -2.06. The van der Waals surface area contributed by atoms with E-state index in [2.05, 4.69) is 32.0 Å². The van der Waals surface area contributed by atoms with Crippen LogP contribution in [0, 0.1) is 16.7 Å². The van der Waals surface area contributed by atoms with Crippen molar-refractivity contribution >= 4 is 6.21 Å². The lowest BCUT2D eigenvalue weighted by molar-refractivity contribution is 0.513. The summed E-state index contributed by atoms with van der Waals surface area (Å²) in [6.07, 6.45) is 2.15. The first-order chi connectivity index (χ1) is 4.09. The van der Waals surface area contributed by atoms with Gasteiger partial charge in [0.25, 0.3) is 0 Å². The average molecular weight is 123 g/mol. The third kappa shape index (κ3) is 0.374. The Labute approximate surface area is 56.2 Å². The Balaban J connectivity index is 2.36. The number of hydrogen-bond acceptors (Lipinski definition) is 1. The summed E-state index contributed by atoms with van der Waals surface area (Å²) < 4.78 is 0. The van der Waals surface area contributed by atoms with Gasteiger partial charge in [0.15, 0.2) is 0 Å². The van der Waals surface area contributed by atoms with Crippen molar-refractivity contribution < 1.29 is 0 Å². The molecule has 1 heterocycles. The molecule has 0 aromatic heterocycles. The monoisotopic (exact) mass is 123 g/mol. The molecule has 1 aliphatic carbocycles. The lowest BCUT2D eigenvalue weighted by atomic mass is 10.00. The van der Waals surface area contributed by atoms with Gasteiger partial charge in [-0.15, -0.1) is 0 Å². The molecule has 1 nitrogen and oxygen atoms in total. The van der Waals surface area contributed by atoms with Gasteiger partial charge in [-0.25, -0.2) is 0 Å². The molecule has 1 aliphatic heterocycles. The van der Waals surface area contributed by atoms with Crippen LogP contribution in [0.2, 0.25) is 0 Å². The van der Waals surface area contributed by atoms with Crippen LogP contribution in [-0.4, -0.2) is 12.8 Å². The second-order valence-electron chi connectivity index (χ2n) is 4.05. The molecule has 9 heavy (non-hydrogen) atoms. The van der Waals surface area contributed by atoms with Crippen LogP contribution in [0.25, 0.3) is 0 Å². The number of fused-ring (bicyclic) bond motifs is 1. The van der Waals surface area contributed by atoms with Crippen LogP contribution in [0.4, 0.5) is 0 Å². The van der Waals surface area contributed by atoms with Crippen molar-refractivity contribution in [3.63, 3.8) is 0 Å². The second kappa shape index (κ2) is 1.09. The van der Waals surface area contributed by atoms with Crippen LogP contribution in [0.15, 0.2) is 4.99 Å². The molecule has 0 radical (unpaired) electrons. The summed E-state index contributed by atoms with van der Waals surface area (Å²) in [5, 5.41) is 0. The first-order valence-corrected chi connectivity index (χ1v) is 3.60. The molecule has 1 heteroatoms. The van der Waals surface area contributed by atoms with Gasteiger partial charge >= 0.3 is 0 Å². The number of nitrogens with zero attached hydrogens (tertiary/aromatic N) is 1. The molecule has 0 unspecified atom stereocenters. The zero-order valence-electron chi connectivity index (χ0n) is 6.31. The molecule has 50 valence electrons. The van der Waals surface area contributed by atoms with Crippen LogP contribution >= 0.6 is 0 Å². The minimum Gasteiger partial charge on any atom is -0.297 e. The minimum atomic E-state index is 0.465. The molecule has 0 N–H and O–H groups in total. The Morgan fingerprint density at radius 1 is 1.44 bits per heavy atom. The van der Waals surface area contributed by atoms with E-state index < -0.39 is 0 Å². The van der Waals surface area contributed by atoms with E-state index in [1.54, 1.807) is 0 Å². The zero-order valence-corrected chi connectivity index (χ0v) is 6.31. The molecular formula is C8H13N. The van der Waals surface area contributed by atoms with Crippen molar-refractivity contribution in [2.24, 2.45) is 21.7 Å². The van der Waals surface area contributed by atoms with E-state index in [1.807, 2.05) is 0 Å². The second-order valence-corrected chi connectivity index (χ2v) is 4.05. The summed E-state index contributed by atoms with van der Waals surface area (Å²) in [6.45, 7) is 8.06. The molecule has 0 aromatic carbocycles. The molecule has 0 amide bonds.